The minimum Gasteiger partial charge on any atom is -0.367 e. The highest BCUT2D eigenvalue weighted by atomic mass is 16.5. The second kappa shape index (κ2) is 5.36. The van der Waals surface area contributed by atoms with Crippen molar-refractivity contribution in [3.05, 3.63) is 23.8 Å². The first-order chi connectivity index (χ1) is 8.30. The second-order valence-corrected chi connectivity index (χ2v) is 4.45. The lowest BCUT2D eigenvalue weighted by molar-refractivity contribution is -0.0767. The standard InChI is InChI=1S/C13H18N2O2/c1-2-17-13(6-4-3-5-7-13)12-14-8-11(10-16)9-15-12/h8-10H,2-7H2,1H3. The Bertz CT molecular complexity index is 364. The first-order valence-corrected chi connectivity index (χ1v) is 6.22. The van der Waals surface area contributed by atoms with Crippen LogP contribution in [0.4, 0.5) is 0 Å². The Morgan fingerprint density at radius 1 is 1.29 bits per heavy atom. The van der Waals surface area contributed by atoms with Gasteiger partial charge in [-0.25, -0.2) is 9.97 Å². The number of hydrogen-bond donors (Lipinski definition) is 0. The monoisotopic (exact) mass is 234 g/mol. The minimum atomic E-state index is -0.325. The zero-order chi connectivity index (χ0) is 12.1. The molecule has 1 heterocycles. The summed E-state index contributed by atoms with van der Waals surface area (Å²) in [7, 11) is 0. The zero-order valence-corrected chi connectivity index (χ0v) is 10.2. The first kappa shape index (κ1) is 12.2. The van der Waals surface area contributed by atoms with Gasteiger partial charge in [-0.3, -0.25) is 4.79 Å². The third kappa shape index (κ3) is 2.52. The number of aldehydes is 1. The highest BCUT2D eigenvalue weighted by molar-refractivity contribution is 5.73. The predicted molar refractivity (Wildman–Crippen MR) is 63.8 cm³/mol. The molecule has 0 unspecified atom stereocenters. The van der Waals surface area contributed by atoms with Gasteiger partial charge >= 0.3 is 0 Å². The van der Waals surface area contributed by atoms with Crippen LogP contribution >= 0.6 is 0 Å². The van der Waals surface area contributed by atoms with Gasteiger partial charge in [-0.15, -0.1) is 0 Å². The summed E-state index contributed by atoms with van der Waals surface area (Å²) < 4.78 is 5.92. The molecule has 0 radical (unpaired) electrons. The molecule has 0 aromatic carbocycles. The molecule has 0 saturated heterocycles. The van der Waals surface area contributed by atoms with E-state index in [2.05, 4.69) is 9.97 Å². The van der Waals surface area contributed by atoms with E-state index in [1.807, 2.05) is 6.92 Å². The Morgan fingerprint density at radius 3 is 2.47 bits per heavy atom. The van der Waals surface area contributed by atoms with E-state index in [4.69, 9.17) is 4.74 Å². The van der Waals surface area contributed by atoms with Crippen LogP contribution in [-0.2, 0) is 10.3 Å². The molecule has 0 aliphatic heterocycles. The maximum absolute atomic E-state index is 10.6. The molecule has 0 spiro atoms. The molecule has 2 rings (SSSR count). The van der Waals surface area contributed by atoms with Gasteiger partial charge in [-0.2, -0.15) is 0 Å². The molecule has 1 aliphatic carbocycles. The van der Waals surface area contributed by atoms with Gasteiger partial charge in [0.25, 0.3) is 0 Å². The summed E-state index contributed by atoms with van der Waals surface area (Å²) in [6, 6.07) is 0. The van der Waals surface area contributed by atoms with Crippen molar-refractivity contribution in [2.45, 2.75) is 44.6 Å². The predicted octanol–water partition coefficient (Wildman–Crippen LogP) is 2.49. The van der Waals surface area contributed by atoms with Gasteiger partial charge in [0, 0.05) is 19.0 Å². The third-order valence-electron chi connectivity index (χ3n) is 3.30. The SMILES string of the molecule is CCOC1(c2ncc(C=O)cn2)CCCCC1. The van der Waals surface area contributed by atoms with E-state index in [9.17, 15) is 4.79 Å². The Kier molecular flexibility index (Phi) is 3.84. The second-order valence-electron chi connectivity index (χ2n) is 4.45. The van der Waals surface area contributed by atoms with Crippen LogP contribution in [0.5, 0.6) is 0 Å². The van der Waals surface area contributed by atoms with E-state index < -0.39 is 0 Å². The van der Waals surface area contributed by atoms with E-state index in [1.54, 1.807) is 12.4 Å². The maximum atomic E-state index is 10.6. The minimum absolute atomic E-state index is 0.325. The summed E-state index contributed by atoms with van der Waals surface area (Å²) >= 11 is 0. The Hall–Kier alpha value is -1.29. The molecule has 0 atom stereocenters. The molecule has 92 valence electrons. The van der Waals surface area contributed by atoms with Crippen LogP contribution in [0.2, 0.25) is 0 Å². The van der Waals surface area contributed by atoms with Crippen molar-refractivity contribution >= 4 is 6.29 Å². The number of rotatable bonds is 4. The molecule has 4 heteroatoms. The molecule has 0 bridgehead atoms. The van der Waals surface area contributed by atoms with Crippen LogP contribution in [0.3, 0.4) is 0 Å². The van der Waals surface area contributed by atoms with E-state index in [-0.39, 0.29) is 5.60 Å². The molecular formula is C13H18N2O2. The summed E-state index contributed by atoms with van der Waals surface area (Å²) in [5.41, 5.74) is 0.185. The molecule has 0 amide bonds. The third-order valence-corrected chi connectivity index (χ3v) is 3.30. The smallest absolute Gasteiger partial charge is 0.160 e. The van der Waals surface area contributed by atoms with Gasteiger partial charge in [0.05, 0.1) is 5.56 Å². The van der Waals surface area contributed by atoms with Crippen molar-refractivity contribution in [2.24, 2.45) is 0 Å². The van der Waals surface area contributed by atoms with E-state index >= 15 is 0 Å². The van der Waals surface area contributed by atoms with Crippen molar-refractivity contribution in [1.82, 2.24) is 9.97 Å². The highest BCUT2D eigenvalue weighted by Crippen LogP contribution is 2.38. The molecule has 1 aromatic heterocycles. The Labute approximate surface area is 101 Å². The molecule has 1 aromatic rings. The number of aromatic nitrogens is 2. The normalized spacial score (nSPS) is 18.9. The fourth-order valence-corrected chi connectivity index (χ4v) is 2.47. The topological polar surface area (TPSA) is 52.1 Å². The van der Waals surface area contributed by atoms with Crippen molar-refractivity contribution in [2.75, 3.05) is 6.61 Å². The maximum Gasteiger partial charge on any atom is 0.160 e. The van der Waals surface area contributed by atoms with E-state index in [0.717, 1.165) is 37.8 Å². The van der Waals surface area contributed by atoms with Gasteiger partial charge in [-0.05, 0) is 19.8 Å². The van der Waals surface area contributed by atoms with Crippen LogP contribution in [0, 0.1) is 0 Å². The molecule has 1 aliphatic rings. The lowest BCUT2D eigenvalue weighted by Crippen LogP contribution is -2.34. The van der Waals surface area contributed by atoms with Gasteiger partial charge in [0.2, 0.25) is 0 Å². The fourth-order valence-electron chi connectivity index (χ4n) is 2.47. The molecule has 0 N–H and O–H groups in total. The van der Waals surface area contributed by atoms with Gasteiger partial charge in [-0.1, -0.05) is 19.3 Å². The number of carbonyl (C=O) groups excluding carboxylic acids is 1. The quantitative estimate of drug-likeness (QED) is 0.751. The van der Waals surface area contributed by atoms with Crippen molar-refractivity contribution in [3.63, 3.8) is 0 Å². The largest absolute Gasteiger partial charge is 0.367 e. The van der Waals surface area contributed by atoms with E-state index in [1.165, 1.54) is 6.42 Å². The fraction of sp³-hybridized carbons (Fsp3) is 0.615. The number of carbonyl (C=O) groups is 1. The summed E-state index contributed by atoms with van der Waals surface area (Å²) in [5, 5.41) is 0. The van der Waals surface area contributed by atoms with E-state index in [0.29, 0.717) is 12.2 Å². The first-order valence-electron chi connectivity index (χ1n) is 6.22. The molecule has 17 heavy (non-hydrogen) atoms. The van der Waals surface area contributed by atoms with Crippen LogP contribution in [0.15, 0.2) is 12.4 Å². The average Bonchev–Trinajstić information content (AvgIpc) is 2.40. The van der Waals surface area contributed by atoms with Crippen molar-refractivity contribution < 1.29 is 9.53 Å². The highest BCUT2D eigenvalue weighted by Gasteiger charge is 2.37. The van der Waals surface area contributed by atoms with Crippen LogP contribution in [-0.4, -0.2) is 22.9 Å². The van der Waals surface area contributed by atoms with Crippen molar-refractivity contribution in [3.8, 4) is 0 Å². The molecule has 4 nitrogen and oxygen atoms in total. The van der Waals surface area contributed by atoms with Crippen LogP contribution in [0.25, 0.3) is 0 Å². The lowest BCUT2D eigenvalue weighted by atomic mass is 9.84. The van der Waals surface area contributed by atoms with Gasteiger partial charge in [0.1, 0.15) is 5.60 Å². The lowest BCUT2D eigenvalue weighted by Gasteiger charge is -2.35. The van der Waals surface area contributed by atoms with Crippen molar-refractivity contribution in [1.29, 1.82) is 0 Å². The molecule has 1 saturated carbocycles. The Morgan fingerprint density at radius 2 is 1.94 bits per heavy atom. The Balaban J connectivity index is 2.27. The average molecular weight is 234 g/mol. The van der Waals surface area contributed by atoms with Crippen LogP contribution < -0.4 is 0 Å². The van der Waals surface area contributed by atoms with Crippen LogP contribution in [0.1, 0.15) is 55.2 Å². The molecular weight excluding hydrogens is 216 g/mol. The summed E-state index contributed by atoms with van der Waals surface area (Å²) in [5.74, 6) is 0.727. The molecule has 1 fully saturated rings. The number of hydrogen-bond acceptors (Lipinski definition) is 4. The number of nitrogens with zero attached hydrogens (tertiary/aromatic N) is 2. The summed E-state index contributed by atoms with van der Waals surface area (Å²) in [6.45, 7) is 2.66. The van der Waals surface area contributed by atoms with Gasteiger partial charge in [0.15, 0.2) is 12.1 Å². The zero-order valence-electron chi connectivity index (χ0n) is 10.2. The number of ether oxygens (including phenoxy) is 1. The van der Waals surface area contributed by atoms with Gasteiger partial charge < -0.3 is 4.74 Å². The summed E-state index contributed by atoms with van der Waals surface area (Å²) in [4.78, 5) is 19.2. The summed E-state index contributed by atoms with van der Waals surface area (Å²) in [6.07, 6.45) is 9.41.